The molecule has 0 amide bonds. The average Bonchev–Trinajstić information content (AvgIpc) is 3.26. The van der Waals surface area contributed by atoms with Crippen molar-refractivity contribution in [2.24, 2.45) is 4.99 Å². The van der Waals surface area contributed by atoms with Crippen molar-refractivity contribution in [2.75, 3.05) is 14.2 Å². The number of methoxy groups -OCH3 is 2. The van der Waals surface area contributed by atoms with Crippen LogP contribution in [0, 0.1) is 0 Å². The van der Waals surface area contributed by atoms with E-state index in [9.17, 15) is 0 Å². The van der Waals surface area contributed by atoms with E-state index in [0.717, 1.165) is 28.2 Å². The highest BCUT2D eigenvalue weighted by molar-refractivity contribution is 6.14. The fourth-order valence-electron chi connectivity index (χ4n) is 6.26. The monoisotopic (exact) mass is 463 g/mol. The zero-order valence-corrected chi connectivity index (χ0v) is 20.3. The van der Waals surface area contributed by atoms with Gasteiger partial charge in [-0.15, -0.1) is 0 Å². The number of fused-ring (bicyclic) bond motifs is 9. The molecule has 3 aliphatic rings. The van der Waals surface area contributed by atoms with Gasteiger partial charge in [0, 0.05) is 37.8 Å². The Morgan fingerprint density at radius 1 is 0.857 bits per heavy atom. The summed E-state index contributed by atoms with van der Waals surface area (Å²) >= 11 is 0. The van der Waals surface area contributed by atoms with Crippen LogP contribution in [0.4, 0.5) is 0 Å². The third-order valence-corrected chi connectivity index (χ3v) is 8.46. The lowest BCUT2D eigenvalue weighted by Crippen LogP contribution is -2.64. The molecule has 0 N–H and O–H groups in total. The van der Waals surface area contributed by atoms with Crippen molar-refractivity contribution in [2.45, 2.75) is 37.3 Å². The van der Waals surface area contributed by atoms with E-state index >= 15 is 0 Å². The molecule has 0 spiro atoms. The van der Waals surface area contributed by atoms with Crippen molar-refractivity contribution < 1.29 is 18.8 Å². The van der Waals surface area contributed by atoms with Crippen LogP contribution in [0.2, 0.25) is 0 Å². The fraction of sp³-hybridized carbons (Fsp3) is 0.267. The molecular formula is C30H27N2O3+. The highest BCUT2D eigenvalue weighted by Crippen LogP contribution is 2.51. The van der Waals surface area contributed by atoms with Gasteiger partial charge in [0.05, 0.1) is 0 Å². The second-order valence-electron chi connectivity index (χ2n) is 9.87. The molecule has 4 atom stereocenters. The van der Waals surface area contributed by atoms with Crippen LogP contribution in [0.1, 0.15) is 36.6 Å². The minimum Gasteiger partial charge on any atom is -0.476 e. The molecule has 0 bridgehead atoms. The van der Waals surface area contributed by atoms with E-state index in [2.05, 4.69) is 91.2 Å². The normalized spacial score (nSPS) is 28.5. The first-order valence-corrected chi connectivity index (χ1v) is 12.0. The molecule has 4 aromatic rings. The summed E-state index contributed by atoms with van der Waals surface area (Å²) in [5.41, 5.74) is 2.84. The molecular weight excluding hydrogens is 436 g/mol. The summed E-state index contributed by atoms with van der Waals surface area (Å²) < 4.78 is 21.4. The Labute approximate surface area is 204 Å². The quantitative estimate of drug-likeness (QED) is 0.365. The summed E-state index contributed by atoms with van der Waals surface area (Å²) in [6.07, 6.45) is 1.66. The number of rotatable bonds is 2. The minimum atomic E-state index is -0.830. The molecule has 35 heavy (non-hydrogen) atoms. The largest absolute Gasteiger partial charge is 0.476 e. The molecule has 4 aromatic carbocycles. The molecule has 0 fully saturated rings. The van der Waals surface area contributed by atoms with Gasteiger partial charge in [-0.25, -0.2) is 0 Å². The second kappa shape index (κ2) is 7.00. The zero-order chi connectivity index (χ0) is 23.9. The van der Waals surface area contributed by atoms with Crippen molar-refractivity contribution in [3.8, 4) is 5.75 Å². The molecule has 3 aliphatic heterocycles. The highest BCUT2D eigenvalue weighted by atomic mass is 16.6. The molecule has 0 radical (unpaired) electrons. The molecule has 7 rings (SSSR count). The molecule has 5 heteroatoms. The lowest BCUT2D eigenvalue weighted by atomic mass is 9.74. The molecule has 3 heterocycles. The molecule has 0 aliphatic carbocycles. The molecule has 4 unspecified atom stereocenters. The van der Waals surface area contributed by atoms with Gasteiger partial charge in [-0.2, -0.15) is 4.58 Å². The summed E-state index contributed by atoms with van der Waals surface area (Å²) in [6, 6.07) is 25.5. The summed E-state index contributed by atoms with van der Waals surface area (Å²) in [5.74, 6) is 0.895. The maximum Gasteiger partial charge on any atom is 0.283 e. The van der Waals surface area contributed by atoms with Gasteiger partial charge >= 0.3 is 0 Å². The topological polar surface area (TPSA) is 43.1 Å². The first-order chi connectivity index (χ1) is 17.0. The Morgan fingerprint density at radius 3 is 2.31 bits per heavy atom. The van der Waals surface area contributed by atoms with Gasteiger partial charge in [0.1, 0.15) is 5.75 Å². The maximum atomic E-state index is 6.75. The van der Waals surface area contributed by atoms with Crippen molar-refractivity contribution in [1.29, 1.82) is 0 Å². The SMILES string of the molecule is COC1(C)c2ccc3ccccc3c2C2=[N+](C=NC3c4cc5ccccc5cc4OC23)C1(C)OC. The van der Waals surface area contributed by atoms with Gasteiger partial charge in [0.15, 0.2) is 11.3 Å². The number of hydrogen-bond donors (Lipinski definition) is 0. The van der Waals surface area contributed by atoms with Crippen molar-refractivity contribution in [3.05, 3.63) is 89.5 Å². The first-order valence-electron chi connectivity index (χ1n) is 12.0. The number of aliphatic imine (C=N–C) groups is 1. The molecule has 5 nitrogen and oxygen atoms in total. The van der Waals surface area contributed by atoms with Crippen molar-refractivity contribution in [1.82, 2.24) is 0 Å². The van der Waals surface area contributed by atoms with Crippen molar-refractivity contribution in [3.63, 3.8) is 0 Å². The van der Waals surface area contributed by atoms with Crippen LogP contribution >= 0.6 is 0 Å². The van der Waals surface area contributed by atoms with Gasteiger partial charge < -0.3 is 14.2 Å². The predicted molar refractivity (Wildman–Crippen MR) is 138 cm³/mol. The third-order valence-electron chi connectivity index (χ3n) is 8.46. The lowest BCUT2D eigenvalue weighted by molar-refractivity contribution is -0.601. The van der Waals surface area contributed by atoms with Crippen molar-refractivity contribution >= 4 is 33.6 Å². The minimum absolute atomic E-state index is 0.124. The molecule has 0 saturated carbocycles. The average molecular weight is 464 g/mol. The standard InChI is InChI=1S/C30H27N2O3/c1-29(33-3)23-14-13-18-9-7-8-12-21(18)25(23)27-28-26(31-17-32(27)30(29,2)34-4)22-15-19-10-5-6-11-20(19)16-24(22)35-28/h5-17,26,28H,1-4H3/q+1. The number of nitrogens with zero attached hydrogens (tertiary/aromatic N) is 2. The summed E-state index contributed by atoms with van der Waals surface area (Å²) in [5, 5.41) is 4.71. The van der Waals surface area contributed by atoms with Crippen LogP contribution in [0.25, 0.3) is 21.5 Å². The Hall–Kier alpha value is -3.54. The Balaban J connectivity index is 1.53. The highest BCUT2D eigenvalue weighted by Gasteiger charge is 2.62. The van der Waals surface area contributed by atoms with Gasteiger partial charge in [-0.05, 0) is 40.6 Å². The second-order valence-corrected chi connectivity index (χ2v) is 9.87. The van der Waals surface area contributed by atoms with Crippen LogP contribution in [0.5, 0.6) is 5.75 Å². The summed E-state index contributed by atoms with van der Waals surface area (Å²) in [6.45, 7) is 4.16. The fourth-order valence-corrected chi connectivity index (χ4v) is 6.26. The van der Waals surface area contributed by atoms with E-state index < -0.39 is 11.3 Å². The van der Waals surface area contributed by atoms with Gasteiger partial charge in [0.2, 0.25) is 17.9 Å². The van der Waals surface area contributed by atoms with Crippen LogP contribution in [0.3, 0.4) is 0 Å². The summed E-state index contributed by atoms with van der Waals surface area (Å²) in [7, 11) is 3.48. The van der Waals surface area contributed by atoms with E-state index in [4.69, 9.17) is 19.2 Å². The zero-order valence-electron chi connectivity index (χ0n) is 20.3. The van der Waals surface area contributed by atoms with Crippen LogP contribution in [-0.2, 0) is 15.1 Å². The van der Waals surface area contributed by atoms with E-state index in [-0.39, 0.29) is 12.1 Å². The first kappa shape index (κ1) is 20.8. The van der Waals surface area contributed by atoms with Gasteiger partial charge in [-0.1, -0.05) is 65.7 Å². The number of hydrogen-bond acceptors (Lipinski definition) is 4. The third kappa shape index (κ3) is 2.49. The Morgan fingerprint density at radius 2 is 1.57 bits per heavy atom. The lowest BCUT2D eigenvalue weighted by Gasteiger charge is -2.48. The van der Waals surface area contributed by atoms with Crippen LogP contribution in [0.15, 0.2) is 77.8 Å². The Kier molecular flexibility index (Phi) is 4.16. The van der Waals surface area contributed by atoms with Crippen LogP contribution < -0.4 is 4.74 Å². The molecule has 174 valence electrons. The van der Waals surface area contributed by atoms with Gasteiger partial charge in [0.25, 0.3) is 6.34 Å². The Bertz CT molecular complexity index is 1610. The maximum absolute atomic E-state index is 6.75. The van der Waals surface area contributed by atoms with E-state index in [1.807, 2.05) is 6.34 Å². The predicted octanol–water partition coefficient (Wildman–Crippen LogP) is 5.58. The number of benzene rings is 4. The molecule has 0 saturated heterocycles. The molecule has 0 aromatic heterocycles. The smallest absolute Gasteiger partial charge is 0.283 e. The van der Waals surface area contributed by atoms with E-state index in [1.165, 1.54) is 21.5 Å². The van der Waals surface area contributed by atoms with E-state index in [0.29, 0.717) is 0 Å². The van der Waals surface area contributed by atoms with Gasteiger partial charge in [-0.3, -0.25) is 0 Å². The van der Waals surface area contributed by atoms with Crippen LogP contribution in [-0.4, -0.2) is 42.7 Å². The van der Waals surface area contributed by atoms with E-state index in [1.54, 1.807) is 14.2 Å². The summed E-state index contributed by atoms with van der Waals surface area (Å²) in [4.78, 5) is 5.04. The number of ether oxygens (including phenoxy) is 3.